The molecule has 1 aromatic heterocycles. The number of fused-ring (bicyclic) bond motifs is 5. The van der Waals surface area contributed by atoms with Crippen LogP contribution < -0.4 is 0 Å². The molecular weight excluding hydrogens is 414 g/mol. The Bertz CT molecular complexity index is 1200. The Morgan fingerprint density at radius 1 is 1.03 bits per heavy atom. The molecule has 1 fully saturated rings. The summed E-state index contributed by atoms with van der Waals surface area (Å²) in [5, 5.41) is 1.13. The first-order chi connectivity index (χ1) is 16.1. The number of methoxy groups -OCH3 is 1. The van der Waals surface area contributed by atoms with Gasteiger partial charge in [-0.3, -0.25) is 0 Å². The SMILES string of the molecule is CCOC(=O)C1CCc2ccccc2-c2c(C3CCCCC3)c3ccc(C(=O)OC)cc3n21. The summed E-state index contributed by atoms with van der Waals surface area (Å²) in [6.07, 6.45) is 7.50. The maximum atomic E-state index is 13.2. The van der Waals surface area contributed by atoms with Gasteiger partial charge in [0.1, 0.15) is 6.04 Å². The molecule has 0 bridgehead atoms. The number of nitrogens with zero attached hydrogens (tertiary/aromatic N) is 1. The van der Waals surface area contributed by atoms with E-state index in [0.29, 0.717) is 24.5 Å². The zero-order valence-electron chi connectivity index (χ0n) is 19.4. The molecule has 2 heterocycles. The van der Waals surface area contributed by atoms with Gasteiger partial charge >= 0.3 is 11.9 Å². The molecule has 1 atom stereocenters. The van der Waals surface area contributed by atoms with Crippen molar-refractivity contribution in [2.45, 2.75) is 63.8 Å². The minimum Gasteiger partial charge on any atom is -0.465 e. The third-order valence-corrected chi connectivity index (χ3v) is 7.31. The van der Waals surface area contributed by atoms with Crippen LogP contribution >= 0.6 is 0 Å². The highest BCUT2D eigenvalue weighted by Gasteiger charge is 2.35. The van der Waals surface area contributed by atoms with Gasteiger partial charge in [0.15, 0.2) is 0 Å². The standard InChI is InChI=1S/C28H31NO4/c1-3-33-28(31)23-16-14-18-9-7-8-12-21(18)26-25(19-10-5-4-6-11-19)22-15-13-20(27(30)32-2)17-24(22)29(23)26/h7-9,12-13,15,17,19,23H,3-6,10-11,14,16H2,1-2H3. The Morgan fingerprint density at radius 3 is 2.58 bits per heavy atom. The lowest BCUT2D eigenvalue weighted by molar-refractivity contribution is -0.147. The Labute approximate surface area is 194 Å². The minimum absolute atomic E-state index is 0.206. The highest BCUT2D eigenvalue weighted by molar-refractivity contribution is 6.00. The Morgan fingerprint density at radius 2 is 1.82 bits per heavy atom. The van der Waals surface area contributed by atoms with Crippen LogP contribution in [0.25, 0.3) is 22.2 Å². The second-order valence-electron chi connectivity index (χ2n) is 9.15. The summed E-state index contributed by atoms with van der Waals surface area (Å²) >= 11 is 0. The van der Waals surface area contributed by atoms with Crippen molar-refractivity contribution in [2.75, 3.05) is 13.7 Å². The first-order valence-electron chi connectivity index (χ1n) is 12.1. The Balaban J connectivity index is 1.85. The van der Waals surface area contributed by atoms with Crippen molar-refractivity contribution >= 4 is 22.8 Å². The van der Waals surface area contributed by atoms with E-state index in [4.69, 9.17) is 9.47 Å². The maximum absolute atomic E-state index is 13.2. The second kappa shape index (κ2) is 9.05. The van der Waals surface area contributed by atoms with Crippen molar-refractivity contribution in [1.29, 1.82) is 0 Å². The van der Waals surface area contributed by atoms with Crippen LogP contribution in [-0.2, 0) is 20.7 Å². The molecule has 0 saturated heterocycles. The molecule has 5 nitrogen and oxygen atoms in total. The molecule has 0 N–H and O–H groups in total. The summed E-state index contributed by atoms with van der Waals surface area (Å²) in [5.74, 6) is -0.133. The lowest BCUT2D eigenvalue weighted by Gasteiger charge is -2.24. The van der Waals surface area contributed by atoms with Crippen LogP contribution in [0.2, 0.25) is 0 Å². The fourth-order valence-electron chi connectivity index (χ4n) is 5.84. The van der Waals surface area contributed by atoms with Crippen LogP contribution in [-0.4, -0.2) is 30.2 Å². The third-order valence-electron chi connectivity index (χ3n) is 7.31. The van der Waals surface area contributed by atoms with Crippen molar-refractivity contribution in [2.24, 2.45) is 0 Å². The van der Waals surface area contributed by atoms with Crippen LogP contribution in [0.1, 0.15) is 78.9 Å². The van der Waals surface area contributed by atoms with Gasteiger partial charge in [-0.1, -0.05) is 49.6 Å². The molecule has 0 amide bonds. The predicted octanol–water partition coefficient (Wildman–Crippen LogP) is 6.19. The second-order valence-corrected chi connectivity index (χ2v) is 9.15. The first kappa shape index (κ1) is 21.7. The molecule has 1 aliphatic carbocycles. The predicted molar refractivity (Wildman–Crippen MR) is 129 cm³/mol. The topological polar surface area (TPSA) is 57.5 Å². The van der Waals surface area contributed by atoms with E-state index in [2.05, 4.69) is 34.9 Å². The number of carbonyl (C=O) groups is 2. The van der Waals surface area contributed by atoms with Crippen LogP contribution in [0.15, 0.2) is 42.5 Å². The van der Waals surface area contributed by atoms with Gasteiger partial charge in [-0.2, -0.15) is 0 Å². The number of ether oxygens (including phenoxy) is 2. The first-order valence-corrected chi connectivity index (χ1v) is 12.1. The molecule has 33 heavy (non-hydrogen) atoms. The number of aryl methyl sites for hydroxylation is 1. The van der Waals surface area contributed by atoms with Gasteiger partial charge in [-0.25, -0.2) is 9.59 Å². The number of esters is 2. The molecule has 5 heteroatoms. The summed E-state index contributed by atoms with van der Waals surface area (Å²) in [6, 6.07) is 13.9. The summed E-state index contributed by atoms with van der Waals surface area (Å²) < 4.78 is 12.7. The fraction of sp³-hybridized carbons (Fsp3) is 0.429. The zero-order chi connectivity index (χ0) is 22.9. The van der Waals surface area contributed by atoms with E-state index in [-0.39, 0.29) is 11.9 Å². The largest absolute Gasteiger partial charge is 0.465 e. The van der Waals surface area contributed by atoms with Crippen molar-refractivity contribution in [3.8, 4) is 11.3 Å². The van der Waals surface area contributed by atoms with E-state index in [0.717, 1.165) is 35.9 Å². The van der Waals surface area contributed by atoms with Crippen molar-refractivity contribution in [3.63, 3.8) is 0 Å². The number of carbonyl (C=O) groups excluding carboxylic acids is 2. The normalized spacial score (nSPS) is 18.3. The van der Waals surface area contributed by atoms with E-state index < -0.39 is 6.04 Å². The molecule has 3 aromatic rings. The molecule has 0 radical (unpaired) electrons. The highest BCUT2D eigenvalue weighted by atomic mass is 16.5. The molecule has 0 spiro atoms. The van der Waals surface area contributed by atoms with Gasteiger partial charge in [0.25, 0.3) is 0 Å². The molecule has 1 unspecified atom stereocenters. The lowest BCUT2D eigenvalue weighted by Crippen LogP contribution is -2.22. The molecule has 172 valence electrons. The van der Waals surface area contributed by atoms with Crippen molar-refractivity contribution in [1.82, 2.24) is 4.57 Å². The molecule has 1 aliphatic heterocycles. The molecular formula is C28H31NO4. The smallest absolute Gasteiger partial charge is 0.337 e. The summed E-state index contributed by atoms with van der Waals surface area (Å²) in [5.41, 5.74) is 6.33. The minimum atomic E-state index is -0.430. The van der Waals surface area contributed by atoms with Crippen LogP contribution in [0.3, 0.4) is 0 Å². The van der Waals surface area contributed by atoms with Gasteiger partial charge in [-0.15, -0.1) is 0 Å². The molecule has 2 aliphatic rings. The Hall–Kier alpha value is -3.08. The number of benzene rings is 2. The monoisotopic (exact) mass is 445 g/mol. The average Bonchev–Trinajstić information content (AvgIpc) is 3.08. The van der Waals surface area contributed by atoms with Gasteiger partial charge < -0.3 is 14.0 Å². The number of hydrogen-bond acceptors (Lipinski definition) is 4. The van der Waals surface area contributed by atoms with Crippen LogP contribution in [0.5, 0.6) is 0 Å². The molecule has 2 aromatic carbocycles. The van der Waals surface area contributed by atoms with Gasteiger partial charge in [-0.05, 0) is 61.8 Å². The molecule has 1 saturated carbocycles. The van der Waals surface area contributed by atoms with E-state index in [9.17, 15) is 9.59 Å². The zero-order valence-corrected chi connectivity index (χ0v) is 19.4. The van der Waals surface area contributed by atoms with E-state index in [1.54, 1.807) is 0 Å². The number of rotatable bonds is 4. The van der Waals surface area contributed by atoms with E-state index in [1.807, 2.05) is 19.1 Å². The van der Waals surface area contributed by atoms with Gasteiger partial charge in [0.05, 0.1) is 30.5 Å². The van der Waals surface area contributed by atoms with Gasteiger partial charge in [0, 0.05) is 10.9 Å². The number of aromatic nitrogens is 1. The average molecular weight is 446 g/mol. The summed E-state index contributed by atoms with van der Waals surface area (Å²) in [4.78, 5) is 25.6. The lowest BCUT2D eigenvalue weighted by atomic mass is 9.81. The van der Waals surface area contributed by atoms with E-state index in [1.165, 1.54) is 43.1 Å². The number of hydrogen-bond donors (Lipinski definition) is 0. The summed E-state index contributed by atoms with van der Waals surface area (Å²) in [7, 11) is 1.40. The highest BCUT2D eigenvalue weighted by Crippen LogP contribution is 2.48. The van der Waals surface area contributed by atoms with Crippen molar-refractivity contribution < 1.29 is 19.1 Å². The fourth-order valence-corrected chi connectivity index (χ4v) is 5.84. The van der Waals surface area contributed by atoms with Crippen LogP contribution in [0.4, 0.5) is 0 Å². The summed E-state index contributed by atoms with van der Waals surface area (Å²) in [6.45, 7) is 2.19. The Kier molecular flexibility index (Phi) is 5.96. The van der Waals surface area contributed by atoms with Gasteiger partial charge in [0.2, 0.25) is 0 Å². The maximum Gasteiger partial charge on any atom is 0.337 e. The van der Waals surface area contributed by atoms with Crippen molar-refractivity contribution in [3.05, 3.63) is 59.2 Å². The molecule has 5 rings (SSSR count). The van der Waals surface area contributed by atoms with Crippen LogP contribution in [0, 0.1) is 0 Å². The third kappa shape index (κ3) is 3.73. The van der Waals surface area contributed by atoms with E-state index >= 15 is 0 Å². The quantitative estimate of drug-likeness (QED) is 0.449.